The average molecular weight is 1620 g/mol. The van der Waals surface area contributed by atoms with Gasteiger partial charge in [0.1, 0.15) is 67.4 Å². The number of esters is 6. The van der Waals surface area contributed by atoms with Crippen molar-refractivity contribution in [3.63, 3.8) is 0 Å². The lowest BCUT2D eigenvalue weighted by molar-refractivity contribution is -0.366. The van der Waals surface area contributed by atoms with Crippen molar-refractivity contribution in [2.45, 2.75) is 116 Å². The van der Waals surface area contributed by atoms with Gasteiger partial charge >= 0.3 is 35.8 Å². The number of carbonyl (C=O) groups is 8. The summed E-state index contributed by atoms with van der Waals surface area (Å²) in [5.41, 5.74) is 1.09. The van der Waals surface area contributed by atoms with Crippen LogP contribution in [0, 0.1) is 0 Å². The molecule has 0 aliphatic carbocycles. The maximum atomic E-state index is 15.7. The van der Waals surface area contributed by atoms with Gasteiger partial charge in [0.05, 0.1) is 70.9 Å². The molecule has 11 aromatic rings. The summed E-state index contributed by atoms with van der Waals surface area (Å²) in [5, 5.41) is 0. The van der Waals surface area contributed by atoms with Crippen molar-refractivity contribution in [3.05, 3.63) is 389 Å². The monoisotopic (exact) mass is 1620 g/mol. The number of benzene rings is 11. The average Bonchev–Trinajstić information content (AvgIpc) is 1.59. The van der Waals surface area contributed by atoms with E-state index in [1.807, 2.05) is 91.0 Å². The van der Waals surface area contributed by atoms with E-state index in [-0.39, 0.29) is 70.9 Å². The Labute approximate surface area is 689 Å². The van der Waals surface area contributed by atoms with Gasteiger partial charge in [-0.2, -0.15) is 0 Å². The van der Waals surface area contributed by atoms with Crippen molar-refractivity contribution in [2.75, 3.05) is 19.8 Å². The van der Waals surface area contributed by atoms with Crippen molar-refractivity contribution in [3.8, 4) is 0 Å². The molecule has 15 atom stereocenters. The van der Waals surface area contributed by atoms with Crippen LogP contribution in [0.4, 0.5) is 0 Å². The quantitative estimate of drug-likeness (QED) is 0.0222. The fourth-order valence-corrected chi connectivity index (χ4v) is 15.5. The first-order valence-electron chi connectivity index (χ1n) is 38.7. The summed E-state index contributed by atoms with van der Waals surface area (Å²) in [7, 11) is 0. The van der Waals surface area contributed by atoms with Crippen molar-refractivity contribution < 1.29 is 105 Å². The van der Waals surface area contributed by atoms with Gasteiger partial charge < -0.3 is 66.3 Å². The summed E-state index contributed by atoms with van der Waals surface area (Å²) in [4.78, 5) is 124. The molecule has 0 spiro atoms. The molecule has 119 heavy (non-hydrogen) atoms. The van der Waals surface area contributed by atoms with Crippen LogP contribution < -0.4 is 0 Å². The highest BCUT2D eigenvalue weighted by atomic mass is 32.2. The number of ether oxygens (including phenoxy) is 14. The molecule has 0 unspecified atom stereocenters. The minimum atomic E-state index is -2.20. The predicted octanol–water partition coefficient (Wildman–Crippen LogP) is 14.4. The fraction of sp³-hybridized carbons (Fsp3) is 0.221. The van der Waals surface area contributed by atoms with Crippen molar-refractivity contribution in [2.24, 2.45) is 0 Å². The Morgan fingerprint density at radius 3 is 1.03 bits per heavy atom. The van der Waals surface area contributed by atoms with Crippen LogP contribution in [0.1, 0.15) is 99.6 Å². The molecule has 4 aliphatic heterocycles. The highest BCUT2D eigenvalue weighted by Gasteiger charge is 2.62. The largest absolute Gasteiger partial charge is 0.459 e. The highest BCUT2D eigenvalue weighted by Crippen LogP contribution is 2.44. The van der Waals surface area contributed by atoms with E-state index in [1.165, 1.54) is 84.9 Å². The SMILES string of the molecule is O=C(OC[C@H]1O[C@@H](O[C@H]2[C@H](OC(=O)c3ccccc3)[C@@H](OC(=O)c3ccccc3)[C@H](Sc3ccccc3)O[C@@H]2COC(=O)c2ccccc2)[C@H](OC(=O)c2ccccc2)[C@@H](OC(=O)c2ccccc2)[C@H]1O[C@@H]1O[C@H](COCc2ccccc2)[C@H](OCc2ccccc2)[C@H](OCc2ccccc2)[C@H]1N1C(=O)c2ccccc2C1=O)c1ccccc1. The summed E-state index contributed by atoms with van der Waals surface area (Å²) in [6.45, 7) is -2.02. The Morgan fingerprint density at radius 2 is 0.605 bits per heavy atom. The topological polar surface area (TPSA) is 269 Å². The molecule has 604 valence electrons. The smallest absolute Gasteiger partial charge is 0.338 e. The number of thioether (sulfide) groups is 1. The van der Waals surface area contributed by atoms with Gasteiger partial charge in [-0.3, -0.25) is 14.5 Å². The zero-order chi connectivity index (χ0) is 81.8. The number of imide groups is 1. The Bertz CT molecular complexity index is 5180. The van der Waals surface area contributed by atoms with E-state index in [1.54, 1.807) is 152 Å². The number of hydrogen-bond acceptors (Lipinski definition) is 23. The molecule has 0 saturated carbocycles. The maximum absolute atomic E-state index is 15.7. The Kier molecular flexibility index (Phi) is 27.1. The summed E-state index contributed by atoms with van der Waals surface area (Å²) in [5.74, 6) is -7.32. The molecule has 3 saturated heterocycles. The predicted molar refractivity (Wildman–Crippen MR) is 431 cm³/mol. The van der Waals surface area contributed by atoms with Gasteiger partial charge in [0.15, 0.2) is 37.0 Å². The van der Waals surface area contributed by atoms with E-state index < -0.39 is 152 Å². The van der Waals surface area contributed by atoms with Crippen LogP contribution in [-0.2, 0) is 86.1 Å². The zero-order valence-corrected chi connectivity index (χ0v) is 64.7. The van der Waals surface area contributed by atoms with Crippen molar-refractivity contribution >= 4 is 59.4 Å². The van der Waals surface area contributed by atoms with Crippen LogP contribution >= 0.6 is 11.8 Å². The molecule has 24 heteroatoms. The molecule has 4 aliphatic rings. The van der Waals surface area contributed by atoms with Crippen LogP contribution in [0.2, 0.25) is 0 Å². The van der Waals surface area contributed by atoms with Crippen molar-refractivity contribution in [1.29, 1.82) is 0 Å². The second-order valence-electron chi connectivity index (χ2n) is 28.2. The van der Waals surface area contributed by atoms with E-state index in [0.29, 0.717) is 10.5 Å². The van der Waals surface area contributed by atoms with Gasteiger partial charge in [-0.25, -0.2) is 28.8 Å². The van der Waals surface area contributed by atoms with Crippen LogP contribution in [-0.4, -0.2) is 164 Å². The standard InChI is InChI=1S/C95H81NO22S/c97-85-71-53-31-32-54-72(71)86(98)96(85)76-80(107-57-63-37-15-3-16-38-63)77(106-56-62-35-13-2-14-36-62)73(58-105-55-61-33-11-1-12-34-61)110-93(76)117-78-74(59-108-87(99)64-39-17-4-18-40-64)111-94(83(115-91(103)68-47-25-8-26-48-68)81(78)113-89(101)66-43-21-6-22-44-66)118-79-75(60-109-88(100)65-41-19-5-20-42-65)112-95(119-70-51-29-10-30-52-70)84(116-92(104)69-49-27-9-28-50-69)82(79)114-90(102)67-45-23-7-24-46-67/h1-54,73-84,93-95H,55-60H2/t73-,74-,75-,76-,77+,78+,79-,80-,81+,82+,83-,84-,93+,94+,95+/m1/s1. The summed E-state index contributed by atoms with van der Waals surface area (Å²) < 4.78 is 97.2. The molecule has 0 N–H and O–H groups in total. The van der Waals surface area contributed by atoms with Gasteiger partial charge in [0.25, 0.3) is 11.8 Å². The van der Waals surface area contributed by atoms with Crippen molar-refractivity contribution in [1.82, 2.24) is 4.90 Å². The van der Waals surface area contributed by atoms with E-state index in [0.717, 1.165) is 27.8 Å². The van der Waals surface area contributed by atoms with Gasteiger partial charge in [0.2, 0.25) is 0 Å². The van der Waals surface area contributed by atoms with Gasteiger partial charge in [-0.15, -0.1) is 0 Å². The molecule has 11 aromatic carbocycles. The molecular formula is C95H81NO22S. The molecular weight excluding hydrogens is 1540 g/mol. The molecule has 4 heterocycles. The minimum Gasteiger partial charge on any atom is -0.459 e. The molecule has 0 bridgehead atoms. The minimum absolute atomic E-state index is 0.0250. The number of carbonyl (C=O) groups excluding carboxylic acids is 8. The third-order valence-electron chi connectivity index (χ3n) is 20.2. The first-order chi connectivity index (χ1) is 58.3. The highest BCUT2D eigenvalue weighted by molar-refractivity contribution is 7.99. The molecule has 2 amide bonds. The lowest BCUT2D eigenvalue weighted by Gasteiger charge is -2.52. The van der Waals surface area contributed by atoms with E-state index in [4.69, 9.17) is 66.3 Å². The lowest BCUT2D eigenvalue weighted by Crippen LogP contribution is -2.70. The summed E-state index contributed by atoms with van der Waals surface area (Å²) in [6, 6.07) is 88.7. The summed E-state index contributed by atoms with van der Waals surface area (Å²) >= 11 is 1.08. The number of nitrogens with zero attached hydrogens (tertiary/aromatic N) is 1. The van der Waals surface area contributed by atoms with Gasteiger partial charge in [0, 0.05) is 4.90 Å². The van der Waals surface area contributed by atoms with E-state index in [2.05, 4.69) is 0 Å². The number of fused-ring (bicyclic) bond motifs is 1. The normalized spacial score (nSPS) is 23.2. The number of rotatable bonds is 31. The second kappa shape index (κ2) is 39.6. The van der Waals surface area contributed by atoms with Gasteiger partial charge in [-0.05, 0) is 114 Å². The summed E-state index contributed by atoms with van der Waals surface area (Å²) in [6.07, 6.45) is -23.3. The second-order valence-corrected chi connectivity index (χ2v) is 29.3. The fourth-order valence-electron chi connectivity index (χ4n) is 14.4. The Balaban J connectivity index is 0.921. The third kappa shape index (κ3) is 20.2. The van der Waals surface area contributed by atoms with Gasteiger partial charge in [-0.1, -0.05) is 242 Å². The molecule has 3 fully saturated rings. The van der Waals surface area contributed by atoms with Crippen LogP contribution in [0.3, 0.4) is 0 Å². The molecule has 0 aromatic heterocycles. The van der Waals surface area contributed by atoms with E-state index in [9.17, 15) is 14.4 Å². The van der Waals surface area contributed by atoms with Crippen LogP contribution in [0.5, 0.6) is 0 Å². The molecule has 0 radical (unpaired) electrons. The van der Waals surface area contributed by atoms with Crippen LogP contribution in [0.25, 0.3) is 0 Å². The lowest BCUT2D eigenvalue weighted by atomic mass is 9.93. The molecule has 15 rings (SSSR count). The van der Waals surface area contributed by atoms with Crippen LogP contribution in [0.15, 0.2) is 332 Å². The zero-order valence-electron chi connectivity index (χ0n) is 63.9. The first kappa shape index (κ1) is 81.5. The first-order valence-corrected chi connectivity index (χ1v) is 39.6. The Morgan fingerprint density at radius 1 is 0.294 bits per heavy atom. The number of amides is 2. The third-order valence-corrected chi connectivity index (χ3v) is 21.4. The molecule has 23 nitrogen and oxygen atoms in total. The van der Waals surface area contributed by atoms with E-state index >= 15 is 24.0 Å². The Hall–Kier alpha value is -12.6. The number of hydrogen-bond donors (Lipinski definition) is 0. The maximum Gasteiger partial charge on any atom is 0.338 e.